The summed E-state index contributed by atoms with van der Waals surface area (Å²) in [6.45, 7) is 8.66. The largest absolute Gasteiger partial charge is 0.457 e. The number of hydrogen-bond acceptors (Lipinski definition) is 5. The molecule has 1 aromatic heterocycles. The van der Waals surface area contributed by atoms with Crippen LogP contribution in [0.5, 0.6) is 11.5 Å². The number of fused-ring (bicyclic) bond motifs is 1. The van der Waals surface area contributed by atoms with Crippen LogP contribution in [0.15, 0.2) is 65.7 Å². The van der Waals surface area contributed by atoms with Gasteiger partial charge in [-0.15, -0.1) is 0 Å². The molecule has 1 heterocycles. The van der Waals surface area contributed by atoms with Gasteiger partial charge in [0.25, 0.3) is 0 Å². The molecule has 0 radical (unpaired) electrons. The second-order valence-corrected chi connectivity index (χ2v) is 11.4. The number of aromatic nitrogens is 1. The van der Waals surface area contributed by atoms with Crippen molar-refractivity contribution in [3.8, 4) is 17.6 Å². The quantitative estimate of drug-likeness (QED) is 0.380. The van der Waals surface area contributed by atoms with Gasteiger partial charge in [0.2, 0.25) is 5.91 Å². The lowest BCUT2D eigenvalue weighted by Crippen LogP contribution is -2.27. The zero-order chi connectivity index (χ0) is 25.0. The van der Waals surface area contributed by atoms with E-state index in [9.17, 15) is 10.1 Å². The summed E-state index contributed by atoms with van der Waals surface area (Å²) in [6, 6.07) is 21.1. The molecule has 1 N–H and O–H groups in total. The number of nitrogens with one attached hydrogen (secondary N) is 1. The van der Waals surface area contributed by atoms with Crippen molar-refractivity contribution in [1.29, 1.82) is 5.26 Å². The van der Waals surface area contributed by atoms with Crippen LogP contribution in [0, 0.1) is 22.7 Å². The third kappa shape index (κ3) is 6.23. The number of nitrogens with zero attached hydrogens (tertiary/aromatic N) is 2. The molecule has 1 aliphatic carbocycles. The first kappa shape index (κ1) is 24.8. The van der Waals surface area contributed by atoms with E-state index in [0.29, 0.717) is 27.9 Å². The van der Waals surface area contributed by atoms with Crippen LogP contribution in [0.2, 0.25) is 0 Å². The molecule has 5 nitrogen and oxygen atoms in total. The number of carbonyl (C=O) groups is 1. The second kappa shape index (κ2) is 10.5. The second-order valence-electron chi connectivity index (χ2n) is 10.1. The molecule has 35 heavy (non-hydrogen) atoms. The van der Waals surface area contributed by atoms with E-state index in [-0.39, 0.29) is 11.3 Å². The predicted molar refractivity (Wildman–Crippen MR) is 141 cm³/mol. The highest BCUT2D eigenvalue weighted by Gasteiger charge is 2.30. The highest BCUT2D eigenvalue weighted by atomic mass is 32.2. The molecule has 1 aliphatic rings. The molecule has 0 fully saturated rings. The van der Waals surface area contributed by atoms with E-state index in [4.69, 9.17) is 9.72 Å². The Hall–Kier alpha value is -3.30. The van der Waals surface area contributed by atoms with Crippen LogP contribution in [0.25, 0.3) is 0 Å². The van der Waals surface area contributed by atoms with E-state index >= 15 is 0 Å². The maximum atomic E-state index is 12.9. The lowest BCUT2D eigenvalue weighted by molar-refractivity contribution is -0.115. The van der Waals surface area contributed by atoms with Crippen molar-refractivity contribution in [3.63, 3.8) is 0 Å². The van der Waals surface area contributed by atoms with Gasteiger partial charge in [0.1, 0.15) is 22.6 Å². The SMILES string of the molecule is CC(Sc1nc2c(cc1C#N)CC(C(C)(C)C)CC2)C(=O)Nc1ccc(Oc2ccccc2)cc1. The van der Waals surface area contributed by atoms with Crippen LogP contribution in [0.4, 0.5) is 5.69 Å². The average Bonchev–Trinajstić information content (AvgIpc) is 2.84. The first-order valence-corrected chi connectivity index (χ1v) is 12.8. The number of amides is 1. The zero-order valence-corrected chi connectivity index (χ0v) is 21.5. The van der Waals surface area contributed by atoms with Crippen LogP contribution < -0.4 is 10.1 Å². The van der Waals surface area contributed by atoms with Gasteiger partial charge in [0, 0.05) is 11.4 Å². The number of rotatable bonds is 6. The van der Waals surface area contributed by atoms with E-state index in [0.717, 1.165) is 30.7 Å². The lowest BCUT2D eigenvalue weighted by atomic mass is 9.71. The molecule has 6 heteroatoms. The van der Waals surface area contributed by atoms with Crippen molar-refractivity contribution in [2.75, 3.05) is 5.32 Å². The average molecular weight is 486 g/mol. The lowest BCUT2D eigenvalue weighted by Gasteiger charge is -2.34. The summed E-state index contributed by atoms with van der Waals surface area (Å²) in [6.07, 6.45) is 2.96. The van der Waals surface area contributed by atoms with Crippen molar-refractivity contribution >= 4 is 23.4 Å². The summed E-state index contributed by atoms with van der Waals surface area (Å²) >= 11 is 1.34. The van der Waals surface area contributed by atoms with Gasteiger partial charge in [-0.05, 0) is 85.5 Å². The van der Waals surface area contributed by atoms with Gasteiger partial charge in [-0.25, -0.2) is 4.98 Å². The molecule has 3 aromatic rings. The fourth-order valence-corrected chi connectivity index (χ4v) is 5.15. The Morgan fingerprint density at radius 1 is 1.14 bits per heavy atom. The molecule has 0 saturated heterocycles. The van der Waals surface area contributed by atoms with E-state index < -0.39 is 5.25 Å². The summed E-state index contributed by atoms with van der Waals surface area (Å²) in [5, 5.41) is 12.9. The number of aryl methyl sites for hydroxylation is 1. The van der Waals surface area contributed by atoms with E-state index in [1.54, 1.807) is 0 Å². The number of para-hydroxylation sites is 1. The summed E-state index contributed by atoms with van der Waals surface area (Å²) in [4.78, 5) is 17.7. The fourth-order valence-electron chi connectivity index (χ4n) is 4.25. The van der Waals surface area contributed by atoms with Crippen LogP contribution in [-0.2, 0) is 17.6 Å². The number of ether oxygens (including phenoxy) is 1. The third-order valence-electron chi connectivity index (χ3n) is 6.46. The summed E-state index contributed by atoms with van der Waals surface area (Å²) < 4.78 is 5.81. The van der Waals surface area contributed by atoms with Gasteiger partial charge in [-0.3, -0.25) is 4.79 Å². The maximum Gasteiger partial charge on any atom is 0.237 e. The standard InChI is InChI=1S/C29H31N3O2S/c1-19(27(33)31-23-11-13-25(14-12-23)34-24-8-6-5-7-9-24)35-28-21(18-30)16-20-17-22(29(2,3)4)10-15-26(20)32-28/h5-9,11-14,16,19,22H,10,15,17H2,1-4H3,(H,31,33). The normalized spacial score (nSPS) is 16.0. The number of thioether (sulfide) groups is 1. The van der Waals surface area contributed by atoms with E-state index in [1.165, 1.54) is 17.3 Å². The molecule has 0 saturated carbocycles. The number of nitriles is 1. The minimum absolute atomic E-state index is 0.136. The van der Waals surface area contributed by atoms with Gasteiger partial charge in [0.15, 0.2) is 0 Å². The monoisotopic (exact) mass is 485 g/mol. The predicted octanol–water partition coefficient (Wildman–Crippen LogP) is 7.02. The van der Waals surface area contributed by atoms with Crippen molar-refractivity contribution in [2.45, 2.75) is 57.2 Å². The van der Waals surface area contributed by atoms with E-state index in [1.807, 2.05) is 67.6 Å². The molecule has 180 valence electrons. The van der Waals surface area contributed by atoms with Gasteiger partial charge in [0.05, 0.1) is 10.8 Å². The van der Waals surface area contributed by atoms with Crippen LogP contribution in [0.3, 0.4) is 0 Å². The Kier molecular flexibility index (Phi) is 7.47. The minimum Gasteiger partial charge on any atom is -0.457 e. The van der Waals surface area contributed by atoms with Gasteiger partial charge in [-0.2, -0.15) is 5.26 Å². The Morgan fingerprint density at radius 3 is 2.49 bits per heavy atom. The van der Waals surface area contributed by atoms with Gasteiger partial charge in [-0.1, -0.05) is 50.7 Å². The first-order chi connectivity index (χ1) is 16.7. The Balaban J connectivity index is 1.40. The van der Waals surface area contributed by atoms with Crippen LogP contribution in [-0.4, -0.2) is 16.1 Å². The van der Waals surface area contributed by atoms with Crippen molar-refractivity contribution in [2.24, 2.45) is 11.3 Å². The van der Waals surface area contributed by atoms with E-state index in [2.05, 4.69) is 32.2 Å². The molecule has 2 aromatic carbocycles. The number of pyridine rings is 1. The van der Waals surface area contributed by atoms with Crippen molar-refractivity contribution in [1.82, 2.24) is 4.98 Å². The molecule has 2 unspecified atom stereocenters. The zero-order valence-electron chi connectivity index (χ0n) is 20.7. The molecule has 0 spiro atoms. The highest BCUT2D eigenvalue weighted by Crippen LogP contribution is 2.38. The minimum atomic E-state index is -0.404. The number of anilines is 1. The topological polar surface area (TPSA) is 75.0 Å². The molecule has 1 amide bonds. The molecular formula is C29H31N3O2S. The van der Waals surface area contributed by atoms with Gasteiger partial charge < -0.3 is 10.1 Å². The highest BCUT2D eigenvalue weighted by molar-refractivity contribution is 8.00. The van der Waals surface area contributed by atoms with Crippen LogP contribution in [0.1, 0.15) is 50.9 Å². The molecule has 0 aliphatic heterocycles. The summed E-state index contributed by atoms with van der Waals surface area (Å²) in [7, 11) is 0. The fraction of sp³-hybridized carbons (Fsp3) is 0.345. The van der Waals surface area contributed by atoms with Crippen molar-refractivity contribution in [3.05, 3.63) is 77.5 Å². The van der Waals surface area contributed by atoms with Crippen LogP contribution >= 0.6 is 11.8 Å². The number of benzene rings is 2. The van der Waals surface area contributed by atoms with Gasteiger partial charge >= 0.3 is 0 Å². The number of hydrogen-bond donors (Lipinski definition) is 1. The van der Waals surface area contributed by atoms with Crippen molar-refractivity contribution < 1.29 is 9.53 Å². The number of carbonyl (C=O) groups excluding carboxylic acids is 1. The summed E-state index contributed by atoms with van der Waals surface area (Å²) in [5.41, 5.74) is 3.71. The first-order valence-electron chi connectivity index (χ1n) is 12.0. The Labute approximate surface area is 211 Å². The molecule has 0 bridgehead atoms. The Morgan fingerprint density at radius 2 is 1.83 bits per heavy atom. The smallest absolute Gasteiger partial charge is 0.237 e. The molecular weight excluding hydrogens is 454 g/mol. The maximum absolute atomic E-state index is 12.9. The molecule has 2 atom stereocenters. The third-order valence-corrected chi connectivity index (χ3v) is 7.56. The molecule has 4 rings (SSSR count). The summed E-state index contributed by atoms with van der Waals surface area (Å²) in [5.74, 6) is 1.90. The Bertz CT molecular complexity index is 1230.